The topological polar surface area (TPSA) is 54.0 Å². The number of rotatable bonds is 7. The Morgan fingerprint density at radius 1 is 1.32 bits per heavy atom. The molecule has 5 nitrogen and oxygen atoms in total. The molecule has 0 N–H and O–H groups in total. The standard InChI is InChI=1S/C14H18O5/c1-4-18-13(15)9-8-11-6-5-7-12(14(11)17-3)19-10-16-2/h5-9H,4,10H2,1-3H3. The lowest BCUT2D eigenvalue weighted by Gasteiger charge is -2.11. The van der Waals surface area contributed by atoms with Crippen molar-refractivity contribution in [2.45, 2.75) is 6.92 Å². The number of ether oxygens (including phenoxy) is 4. The molecule has 1 rings (SSSR count). The normalized spacial score (nSPS) is 10.5. The highest BCUT2D eigenvalue weighted by molar-refractivity contribution is 5.87. The molecular weight excluding hydrogens is 248 g/mol. The van der Waals surface area contributed by atoms with Crippen molar-refractivity contribution in [2.24, 2.45) is 0 Å². The van der Waals surface area contributed by atoms with Gasteiger partial charge in [-0.15, -0.1) is 0 Å². The van der Waals surface area contributed by atoms with Crippen molar-refractivity contribution in [1.29, 1.82) is 0 Å². The molecule has 5 heteroatoms. The highest BCUT2D eigenvalue weighted by Crippen LogP contribution is 2.31. The van der Waals surface area contributed by atoms with Gasteiger partial charge in [-0.1, -0.05) is 12.1 Å². The zero-order valence-corrected chi connectivity index (χ0v) is 11.3. The summed E-state index contributed by atoms with van der Waals surface area (Å²) in [5.41, 5.74) is 0.726. The van der Waals surface area contributed by atoms with Crippen molar-refractivity contribution in [2.75, 3.05) is 27.6 Å². The van der Waals surface area contributed by atoms with Crippen LogP contribution < -0.4 is 9.47 Å². The van der Waals surface area contributed by atoms with E-state index >= 15 is 0 Å². The summed E-state index contributed by atoms with van der Waals surface area (Å²) < 4.78 is 20.3. The summed E-state index contributed by atoms with van der Waals surface area (Å²) in [4.78, 5) is 11.3. The average Bonchev–Trinajstić information content (AvgIpc) is 2.43. The van der Waals surface area contributed by atoms with Crippen molar-refractivity contribution in [3.8, 4) is 11.5 Å². The van der Waals surface area contributed by atoms with Crippen molar-refractivity contribution in [3.05, 3.63) is 29.8 Å². The predicted molar refractivity (Wildman–Crippen MR) is 71.2 cm³/mol. The van der Waals surface area contributed by atoms with Gasteiger partial charge >= 0.3 is 5.97 Å². The van der Waals surface area contributed by atoms with Gasteiger partial charge < -0.3 is 18.9 Å². The second kappa shape index (κ2) is 8.16. The summed E-state index contributed by atoms with van der Waals surface area (Å²) in [5.74, 6) is 0.697. The highest BCUT2D eigenvalue weighted by Gasteiger charge is 2.08. The van der Waals surface area contributed by atoms with Crippen LogP contribution in [0.1, 0.15) is 12.5 Å². The Hall–Kier alpha value is -2.01. The Morgan fingerprint density at radius 2 is 2.11 bits per heavy atom. The van der Waals surface area contributed by atoms with Crippen LogP contribution in [0.4, 0.5) is 0 Å². The molecule has 0 aliphatic rings. The highest BCUT2D eigenvalue weighted by atomic mass is 16.7. The molecular formula is C14H18O5. The Labute approximate surface area is 112 Å². The largest absolute Gasteiger partial charge is 0.492 e. The Morgan fingerprint density at radius 3 is 2.74 bits per heavy atom. The number of hydrogen-bond acceptors (Lipinski definition) is 5. The first kappa shape index (κ1) is 15.0. The lowest BCUT2D eigenvalue weighted by atomic mass is 10.1. The summed E-state index contributed by atoms with van der Waals surface area (Å²) in [6.07, 6.45) is 2.97. The zero-order valence-electron chi connectivity index (χ0n) is 11.3. The average molecular weight is 266 g/mol. The molecule has 0 bridgehead atoms. The smallest absolute Gasteiger partial charge is 0.330 e. The maximum atomic E-state index is 11.3. The van der Waals surface area contributed by atoms with Gasteiger partial charge in [-0.2, -0.15) is 0 Å². The van der Waals surface area contributed by atoms with Gasteiger partial charge in [0.05, 0.1) is 13.7 Å². The van der Waals surface area contributed by atoms with Crippen LogP contribution in [-0.2, 0) is 14.3 Å². The molecule has 1 aromatic carbocycles. The molecule has 0 heterocycles. The van der Waals surface area contributed by atoms with E-state index in [-0.39, 0.29) is 6.79 Å². The first-order valence-electron chi connectivity index (χ1n) is 5.86. The molecule has 0 fully saturated rings. The SMILES string of the molecule is CCOC(=O)C=Cc1cccc(OCOC)c1OC. The third-order valence-corrected chi connectivity index (χ3v) is 2.23. The van der Waals surface area contributed by atoms with Gasteiger partial charge in [-0.05, 0) is 19.1 Å². The van der Waals surface area contributed by atoms with Crippen molar-refractivity contribution in [3.63, 3.8) is 0 Å². The van der Waals surface area contributed by atoms with Crippen LogP contribution in [0.5, 0.6) is 11.5 Å². The molecule has 0 saturated heterocycles. The third kappa shape index (κ3) is 4.63. The fraction of sp³-hybridized carbons (Fsp3) is 0.357. The molecule has 0 unspecified atom stereocenters. The molecule has 0 aliphatic heterocycles. The first-order valence-corrected chi connectivity index (χ1v) is 5.86. The number of para-hydroxylation sites is 1. The van der Waals surface area contributed by atoms with E-state index in [1.54, 1.807) is 25.1 Å². The summed E-state index contributed by atoms with van der Waals surface area (Å²) in [5, 5.41) is 0. The van der Waals surface area contributed by atoms with E-state index in [9.17, 15) is 4.79 Å². The van der Waals surface area contributed by atoms with Crippen LogP contribution in [-0.4, -0.2) is 33.6 Å². The molecule has 0 aromatic heterocycles. The first-order chi connectivity index (χ1) is 9.22. The van der Waals surface area contributed by atoms with E-state index in [2.05, 4.69) is 0 Å². The second-order valence-corrected chi connectivity index (χ2v) is 3.51. The van der Waals surface area contributed by atoms with E-state index in [4.69, 9.17) is 18.9 Å². The molecule has 1 aromatic rings. The van der Waals surface area contributed by atoms with Gasteiger partial charge in [0, 0.05) is 18.7 Å². The van der Waals surface area contributed by atoms with Crippen LogP contribution in [0.2, 0.25) is 0 Å². The summed E-state index contributed by atoms with van der Waals surface area (Å²) in [6.45, 7) is 2.23. The Bertz CT molecular complexity index is 439. The lowest BCUT2D eigenvalue weighted by Crippen LogP contribution is -2.02. The minimum Gasteiger partial charge on any atom is -0.492 e. The van der Waals surface area contributed by atoms with E-state index < -0.39 is 5.97 Å². The van der Waals surface area contributed by atoms with Crippen LogP contribution in [0.15, 0.2) is 24.3 Å². The number of benzene rings is 1. The monoisotopic (exact) mass is 266 g/mol. The summed E-state index contributed by atoms with van der Waals surface area (Å²) in [7, 11) is 3.08. The molecule has 0 saturated carbocycles. The number of carbonyl (C=O) groups is 1. The fourth-order valence-corrected chi connectivity index (χ4v) is 1.47. The predicted octanol–water partition coefficient (Wildman–Crippen LogP) is 2.25. The van der Waals surface area contributed by atoms with E-state index in [0.717, 1.165) is 5.56 Å². The van der Waals surface area contributed by atoms with Gasteiger partial charge in [0.2, 0.25) is 0 Å². The minimum absolute atomic E-state index is 0.126. The van der Waals surface area contributed by atoms with Gasteiger partial charge in [0.25, 0.3) is 0 Å². The molecule has 0 amide bonds. The van der Waals surface area contributed by atoms with E-state index in [0.29, 0.717) is 18.1 Å². The fourth-order valence-electron chi connectivity index (χ4n) is 1.47. The number of methoxy groups -OCH3 is 2. The maximum Gasteiger partial charge on any atom is 0.330 e. The molecule has 104 valence electrons. The number of carbonyl (C=O) groups excluding carboxylic acids is 1. The lowest BCUT2D eigenvalue weighted by molar-refractivity contribution is -0.137. The van der Waals surface area contributed by atoms with Crippen molar-refractivity contribution >= 4 is 12.0 Å². The Balaban J connectivity index is 2.91. The van der Waals surface area contributed by atoms with Crippen LogP contribution >= 0.6 is 0 Å². The summed E-state index contributed by atoms with van der Waals surface area (Å²) >= 11 is 0. The Kier molecular flexibility index (Phi) is 6.46. The zero-order chi connectivity index (χ0) is 14.1. The third-order valence-electron chi connectivity index (χ3n) is 2.23. The molecule has 19 heavy (non-hydrogen) atoms. The van der Waals surface area contributed by atoms with E-state index in [1.807, 2.05) is 6.07 Å². The molecule has 0 radical (unpaired) electrons. The van der Waals surface area contributed by atoms with Crippen molar-refractivity contribution in [1.82, 2.24) is 0 Å². The van der Waals surface area contributed by atoms with Crippen LogP contribution in [0, 0.1) is 0 Å². The van der Waals surface area contributed by atoms with Gasteiger partial charge in [0.15, 0.2) is 18.3 Å². The quantitative estimate of drug-likeness (QED) is 0.430. The number of esters is 1. The van der Waals surface area contributed by atoms with Gasteiger partial charge in [-0.3, -0.25) is 0 Å². The minimum atomic E-state index is -0.396. The van der Waals surface area contributed by atoms with Crippen molar-refractivity contribution < 1.29 is 23.7 Å². The summed E-state index contributed by atoms with van der Waals surface area (Å²) in [6, 6.07) is 5.38. The molecule has 0 atom stereocenters. The van der Waals surface area contributed by atoms with Crippen LogP contribution in [0.3, 0.4) is 0 Å². The molecule has 0 aliphatic carbocycles. The van der Waals surface area contributed by atoms with Gasteiger partial charge in [0.1, 0.15) is 0 Å². The van der Waals surface area contributed by atoms with Gasteiger partial charge in [-0.25, -0.2) is 4.79 Å². The second-order valence-electron chi connectivity index (χ2n) is 3.51. The van der Waals surface area contributed by atoms with Crippen LogP contribution in [0.25, 0.3) is 6.08 Å². The number of hydrogen-bond donors (Lipinski definition) is 0. The maximum absolute atomic E-state index is 11.3. The molecule has 0 spiro atoms. The van der Waals surface area contributed by atoms with E-state index in [1.165, 1.54) is 20.3 Å².